The molecule has 0 spiro atoms. The van der Waals surface area contributed by atoms with Gasteiger partial charge in [0, 0.05) is 48.5 Å². The molecule has 4 aromatic rings. The van der Waals surface area contributed by atoms with Crippen molar-refractivity contribution in [2.24, 2.45) is 22.2 Å². The van der Waals surface area contributed by atoms with Crippen molar-refractivity contribution in [3.8, 4) is 16.9 Å². The van der Waals surface area contributed by atoms with Gasteiger partial charge in [-0.2, -0.15) is 18.2 Å². The molecule has 13 heteroatoms. The largest absolute Gasteiger partial charge is 0.416 e. The number of likely N-dealkylation sites (tertiary alicyclic amines) is 1. The second-order valence-electron chi connectivity index (χ2n) is 12.9. The van der Waals surface area contributed by atoms with Crippen LogP contribution < -0.4 is 22.9 Å². The molecule has 0 amide bonds. The number of amidine groups is 1. The summed E-state index contributed by atoms with van der Waals surface area (Å²) in [7, 11) is 0. The molecule has 0 saturated carbocycles. The third-order valence-corrected chi connectivity index (χ3v) is 9.42. The van der Waals surface area contributed by atoms with Crippen molar-refractivity contribution in [3.05, 3.63) is 94.6 Å². The highest BCUT2D eigenvalue weighted by Crippen LogP contribution is 2.37. The molecule has 0 aliphatic carbocycles. The Labute approximate surface area is 289 Å². The zero-order valence-corrected chi connectivity index (χ0v) is 28.1. The van der Waals surface area contributed by atoms with E-state index in [1.54, 1.807) is 24.4 Å². The van der Waals surface area contributed by atoms with Gasteiger partial charge in [-0.05, 0) is 104 Å². The summed E-state index contributed by atoms with van der Waals surface area (Å²) < 4.78 is 56.3. The molecule has 3 heterocycles. The van der Waals surface area contributed by atoms with Crippen molar-refractivity contribution in [1.82, 2.24) is 19.4 Å². The molecule has 7 N–H and O–H groups in total. The van der Waals surface area contributed by atoms with Crippen molar-refractivity contribution in [1.29, 1.82) is 0 Å². The Morgan fingerprint density at radius 3 is 2.62 bits per heavy atom. The predicted molar refractivity (Wildman–Crippen MR) is 191 cm³/mol. The molecule has 0 radical (unpaired) electrons. The summed E-state index contributed by atoms with van der Waals surface area (Å²) in [5.41, 5.74) is 19.2. The van der Waals surface area contributed by atoms with Crippen LogP contribution in [-0.2, 0) is 12.6 Å². The topological polar surface area (TPSA) is 144 Å². The van der Waals surface area contributed by atoms with Crippen LogP contribution in [0.3, 0.4) is 0 Å². The number of aryl methyl sites for hydroxylation is 1. The van der Waals surface area contributed by atoms with E-state index in [9.17, 15) is 22.4 Å². The summed E-state index contributed by atoms with van der Waals surface area (Å²) >= 11 is 0. The first kappa shape index (κ1) is 36.9. The number of rotatable bonds is 15. The third-order valence-electron chi connectivity index (χ3n) is 9.42. The number of nitrogens with one attached hydrogen (secondary N) is 1. The molecule has 5 rings (SSSR count). The monoisotopic (exact) mass is 694 g/mol. The molecule has 1 fully saturated rings. The fourth-order valence-electron chi connectivity index (χ4n) is 6.81. The number of fused-ring (bicyclic) bond motifs is 1. The van der Waals surface area contributed by atoms with Crippen LogP contribution in [0.1, 0.15) is 67.7 Å². The fraction of sp³-hybridized carbons (Fsp3) is 0.432. The van der Waals surface area contributed by atoms with Crippen LogP contribution in [0.15, 0.2) is 77.2 Å². The number of hydrogen-bond donors (Lipinski definition) is 4. The molecule has 0 bridgehead atoms. The molecule has 1 aliphatic rings. The van der Waals surface area contributed by atoms with Crippen LogP contribution in [0.25, 0.3) is 28.0 Å². The van der Waals surface area contributed by atoms with Crippen molar-refractivity contribution in [2.45, 2.75) is 75.7 Å². The van der Waals surface area contributed by atoms with Gasteiger partial charge in [-0.25, -0.2) is 4.79 Å². The van der Waals surface area contributed by atoms with Gasteiger partial charge in [0.25, 0.3) is 0 Å². The summed E-state index contributed by atoms with van der Waals surface area (Å²) in [4.78, 5) is 27.2. The van der Waals surface area contributed by atoms with Crippen LogP contribution in [0.5, 0.6) is 0 Å². The molecule has 0 unspecified atom stereocenters. The maximum Gasteiger partial charge on any atom is 0.416 e. The predicted octanol–water partition coefficient (Wildman–Crippen LogP) is 6.20. The van der Waals surface area contributed by atoms with Gasteiger partial charge in [-0.1, -0.05) is 18.2 Å². The number of nitrogens with zero attached hydrogens (tertiary/aromatic N) is 4. The minimum absolute atomic E-state index is 0.0887. The summed E-state index contributed by atoms with van der Waals surface area (Å²) in [5.74, 6) is 0.420. The van der Waals surface area contributed by atoms with Crippen molar-refractivity contribution in [3.63, 3.8) is 0 Å². The van der Waals surface area contributed by atoms with Crippen molar-refractivity contribution in [2.75, 3.05) is 26.3 Å². The Bertz CT molecular complexity index is 1830. The number of aromatic nitrogens is 3. The second-order valence-corrected chi connectivity index (χ2v) is 12.9. The van der Waals surface area contributed by atoms with Crippen LogP contribution >= 0.6 is 0 Å². The Hall–Kier alpha value is -4.33. The van der Waals surface area contributed by atoms with Crippen molar-refractivity contribution >= 4 is 16.9 Å². The number of hydrogen-bond acceptors (Lipinski definition) is 6. The van der Waals surface area contributed by atoms with Gasteiger partial charge in [0.05, 0.1) is 24.5 Å². The average Bonchev–Trinajstić information content (AvgIpc) is 3.53. The van der Waals surface area contributed by atoms with E-state index in [1.807, 2.05) is 24.3 Å². The van der Waals surface area contributed by atoms with E-state index >= 15 is 0 Å². The number of halogens is 4. The number of aliphatic imine (C=N–C) groups is 1. The second kappa shape index (κ2) is 16.6. The van der Waals surface area contributed by atoms with Crippen LogP contribution in [0.2, 0.25) is 0 Å². The normalized spacial score (nSPS) is 18.1. The summed E-state index contributed by atoms with van der Waals surface area (Å²) in [5, 5.41) is 0.574. The number of aromatic amines is 1. The highest BCUT2D eigenvalue weighted by molar-refractivity contribution is 5.83. The first-order valence-corrected chi connectivity index (χ1v) is 17.1. The molecular weight excluding hydrogens is 648 g/mol. The lowest BCUT2D eigenvalue weighted by molar-refractivity contribution is -0.137. The van der Waals surface area contributed by atoms with Crippen molar-refractivity contribution < 1.29 is 17.6 Å². The summed E-state index contributed by atoms with van der Waals surface area (Å²) in [6.07, 6.45) is 4.55. The minimum Gasteiger partial charge on any atom is -0.386 e. The molecule has 2 aromatic heterocycles. The van der Waals surface area contributed by atoms with Gasteiger partial charge in [0.15, 0.2) is 0 Å². The summed E-state index contributed by atoms with van der Waals surface area (Å²) in [6.45, 7) is 4.66. The van der Waals surface area contributed by atoms with Gasteiger partial charge in [0.2, 0.25) is 0 Å². The maximum absolute atomic E-state index is 13.9. The van der Waals surface area contributed by atoms with Crippen LogP contribution in [0, 0.1) is 0 Å². The molecule has 50 heavy (non-hydrogen) atoms. The molecule has 2 aromatic carbocycles. The Balaban J connectivity index is 1.39. The number of piperidine rings is 1. The molecular formula is C37H46F4N8O. The zero-order valence-electron chi connectivity index (χ0n) is 28.1. The fourth-order valence-corrected chi connectivity index (χ4v) is 6.81. The average molecular weight is 695 g/mol. The van der Waals surface area contributed by atoms with E-state index in [1.165, 1.54) is 10.6 Å². The number of H-pyrrole nitrogens is 1. The third kappa shape index (κ3) is 9.06. The summed E-state index contributed by atoms with van der Waals surface area (Å²) in [6, 6.07) is 13.5. The van der Waals surface area contributed by atoms with E-state index in [0.717, 1.165) is 37.3 Å². The highest BCUT2D eigenvalue weighted by atomic mass is 19.4. The van der Waals surface area contributed by atoms with Gasteiger partial charge >= 0.3 is 11.9 Å². The SMILES string of the molecule is C=C[C@H](N)CCCc1cc(-c2cc3cn(-c4ccc([C@@H]5CCC[C@@H](CCN=C(N)CN)N5CCCF)cc4)c(=O)nc3[nH]2)cc(C(F)(F)F)c1. The zero-order chi connectivity index (χ0) is 35.8. The number of benzene rings is 2. The molecule has 268 valence electrons. The Morgan fingerprint density at radius 1 is 1.14 bits per heavy atom. The van der Waals surface area contributed by atoms with Gasteiger partial charge < -0.3 is 22.2 Å². The highest BCUT2D eigenvalue weighted by Gasteiger charge is 2.32. The van der Waals surface area contributed by atoms with E-state index in [4.69, 9.17) is 17.2 Å². The maximum atomic E-state index is 13.9. The molecule has 1 saturated heterocycles. The Morgan fingerprint density at radius 2 is 1.92 bits per heavy atom. The lowest BCUT2D eigenvalue weighted by Gasteiger charge is -2.42. The van der Waals surface area contributed by atoms with Crippen LogP contribution in [-0.4, -0.2) is 63.7 Å². The Kier molecular flexibility index (Phi) is 12.3. The number of alkyl halides is 4. The van der Waals surface area contributed by atoms with Gasteiger partial charge in [-0.15, -0.1) is 6.58 Å². The minimum atomic E-state index is -4.53. The van der Waals surface area contributed by atoms with E-state index in [-0.39, 0.29) is 30.3 Å². The molecule has 1 aliphatic heterocycles. The molecule has 3 atom stereocenters. The van der Waals surface area contributed by atoms with Gasteiger partial charge in [0.1, 0.15) is 11.5 Å². The smallest absolute Gasteiger partial charge is 0.386 e. The number of nitrogens with two attached hydrogens (primary N) is 3. The van der Waals surface area contributed by atoms with Gasteiger partial charge in [-0.3, -0.25) is 18.8 Å². The first-order valence-electron chi connectivity index (χ1n) is 17.1. The lowest BCUT2D eigenvalue weighted by atomic mass is 9.89. The van der Waals surface area contributed by atoms with E-state index < -0.39 is 24.1 Å². The van der Waals surface area contributed by atoms with E-state index in [0.29, 0.717) is 72.5 Å². The quantitative estimate of drug-likeness (QED) is 0.0505. The van der Waals surface area contributed by atoms with Crippen LogP contribution in [0.4, 0.5) is 17.6 Å². The van der Waals surface area contributed by atoms with E-state index in [2.05, 4.69) is 26.4 Å². The lowest BCUT2D eigenvalue weighted by Crippen LogP contribution is -2.43. The first-order chi connectivity index (χ1) is 24.0. The molecule has 9 nitrogen and oxygen atoms in total. The standard InChI is InChI=1S/C37H46F4N8O/c1-2-29(43)7-3-6-24-18-26(20-28(19-24)37(39,40)41)32-21-27-23-49(36(50)47-35(27)46-32)31-12-10-25(11-13-31)33-9-4-8-30(48(33)17-5-15-38)14-16-45-34(44)22-42/h2,10-13,18-21,23,29-30,33H,1,3-9,14-17,22,42-43H2,(H2,44,45)(H,46,47,50)/t29-,30-,33-/m0/s1.